The second-order valence-corrected chi connectivity index (χ2v) is 7.30. The molecule has 0 unspecified atom stereocenters. The largest absolute Gasteiger partial charge is 0.479 e. The summed E-state index contributed by atoms with van der Waals surface area (Å²) in [6.07, 6.45) is 0. The smallest absolute Gasteiger partial charge is 0.336 e. The third-order valence-corrected chi connectivity index (χ3v) is 4.63. The van der Waals surface area contributed by atoms with Gasteiger partial charge in [0.15, 0.2) is 5.60 Å². The molecule has 0 saturated carbocycles. The summed E-state index contributed by atoms with van der Waals surface area (Å²) < 4.78 is 14.1. The van der Waals surface area contributed by atoms with Gasteiger partial charge in [0.1, 0.15) is 5.82 Å². The zero-order valence-corrected chi connectivity index (χ0v) is 17.0. The van der Waals surface area contributed by atoms with Gasteiger partial charge in [0.2, 0.25) is 0 Å². The first-order valence-electron chi connectivity index (χ1n) is 8.96. The topological polar surface area (TPSA) is 144 Å². The number of carboxylic acids is 1. The number of carboxylic acid groups (broad SMARTS) is 1. The maximum Gasteiger partial charge on any atom is 0.336 e. The zero-order chi connectivity index (χ0) is 22.6. The molecule has 12 heteroatoms. The van der Waals surface area contributed by atoms with Crippen molar-refractivity contribution >= 4 is 23.5 Å². The molecule has 0 aliphatic carbocycles. The van der Waals surface area contributed by atoms with Crippen molar-refractivity contribution in [1.82, 2.24) is 31.1 Å². The molecule has 1 amide bonds. The van der Waals surface area contributed by atoms with Crippen molar-refractivity contribution in [3.8, 4) is 11.1 Å². The second-order valence-electron chi connectivity index (χ2n) is 6.86. The summed E-state index contributed by atoms with van der Waals surface area (Å²) in [6, 6.07) is 10.9. The van der Waals surface area contributed by atoms with Crippen LogP contribution in [-0.2, 0) is 11.3 Å². The molecule has 1 aromatic heterocycles. The van der Waals surface area contributed by atoms with E-state index in [0.29, 0.717) is 21.7 Å². The molecule has 0 bridgehead atoms. The van der Waals surface area contributed by atoms with Crippen molar-refractivity contribution in [1.29, 1.82) is 0 Å². The predicted molar refractivity (Wildman–Crippen MR) is 107 cm³/mol. The Bertz CT molecular complexity index is 1080. The molecule has 0 spiro atoms. The SMILES string of the molecule is C[C@@](O)(CNN(Cc1ccc(-c2cc(Cl)ccc2F)cc1)C(=O)c1nn[nH]n1)C(=O)O. The number of benzene rings is 2. The van der Waals surface area contributed by atoms with Crippen molar-refractivity contribution < 1.29 is 24.2 Å². The minimum atomic E-state index is -2.12. The average Bonchev–Trinajstić information content (AvgIpc) is 3.27. The molecule has 0 saturated heterocycles. The van der Waals surface area contributed by atoms with Crippen LogP contribution in [-0.4, -0.2) is 59.9 Å². The molecule has 0 fully saturated rings. The molecule has 3 aromatic rings. The number of aromatic nitrogens is 4. The number of amides is 1. The van der Waals surface area contributed by atoms with Crippen molar-refractivity contribution in [2.75, 3.05) is 6.54 Å². The minimum Gasteiger partial charge on any atom is -0.479 e. The lowest BCUT2D eigenvalue weighted by Gasteiger charge is -2.26. The number of nitrogens with zero attached hydrogens (tertiary/aromatic N) is 4. The number of carbonyl (C=O) groups excluding carboxylic acids is 1. The summed E-state index contributed by atoms with van der Waals surface area (Å²) in [5.74, 6) is -2.83. The van der Waals surface area contributed by atoms with E-state index in [1.54, 1.807) is 24.3 Å². The van der Waals surface area contributed by atoms with Gasteiger partial charge in [-0.05, 0) is 41.5 Å². The summed E-state index contributed by atoms with van der Waals surface area (Å²) in [6.45, 7) is 0.604. The van der Waals surface area contributed by atoms with E-state index in [0.717, 1.165) is 11.9 Å². The molecule has 10 nitrogen and oxygen atoms in total. The third kappa shape index (κ3) is 5.40. The van der Waals surface area contributed by atoms with Crippen molar-refractivity contribution in [2.45, 2.75) is 19.1 Å². The Balaban J connectivity index is 1.81. The van der Waals surface area contributed by atoms with Crippen LogP contribution in [0.2, 0.25) is 5.02 Å². The number of nitrogens with one attached hydrogen (secondary N) is 2. The standard InChI is InChI=1S/C19H18ClFN6O4/c1-19(31,18(29)30)10-22-27(17(28)16-23-25-26-24-16)9-11-2-4-12(5-3-11)14-8-13(20)6-7-15(14)21/h2-8,22,31H,9-10H2,1H3,(H,29,30)(H,23,24,25,26)/t19-/m1/s1. The molecule has 162 valence electrons. The number of aliphatic carboxylic acids is 1. The average molecular weight is 449 g/mol. The highest BCUT2D eigenvalue weighted by molar-refractivity contribution is 6.30. The molecular weight excluding hydrogens is 431 g/mol. The Morgan fingerprint density at radius 1 is 1.26 bits per heavy atom. The number of hydrogen-bond donors (Lipinski definition) is 4. The van der Waals surface area contributed by atoms with E-state index >= 15 is 0 Å². The van der Waals surface area contributed by atoms with Gasteiger partial charge in [-0.3, -0.25) is 9.80 Å². The van der Waals surface area contributed by atoms with Gasteiger partial charge in [-0.1, -0.05) is 35.9 Å². The van der Waals surface area contributed by atoms with Crippen LogP contribution in [0.15, 0.2) is 42.5 Å². The zero-order valence-electron chi connectivity index (χ0n) is 16.2. The fraction of sp³-hybridized carbons (Fsp3) is 0.211. The summed E-state index contributed by atoms with van der Waals surface area (Å²) in [5.41, 5.74) is 2.02. The lowest BCUT2D eigenvalue weighted by molar-refractivity contribution is -0.156. The van der Waals surface area contributed by atoms with Gasteiger partial charge < -0.3 is 10.2 Å². The van der Waals surface area contributed by atoms with Crippen molar-refractivity contribution in [3.05, 3.63) is 64.7 Å². The van der Waals surface area contributed by atoms with E-state index in [2.05, 4.69) is 26.0 Å². The number of H-pyrrole nitrogens is 1. The van der Waals surface area contributed by atoms with Crippen molar-refractivity contribution in [2.24, 2.45) is 0 Å². The number of tetrazole rings is 1. The first-order valence-corrected chi connectivity index (χ1v) is 9.34. The number of carbonyl (C=O) groups is 2. The molecule has 3 rings (SSSR count). The minimum absolute atomic E-state index is 0.0264. The van der Waals surface area contributed by atoms with Gasteiger partial charge in [-0.25, -0.2) is 14.6 Å². The van der Waals surface area contributed by atoms with Crippen LogP contribution in [0.4, 0.5) is 4.39 Å². The van der Waals surface area contributed by atoms with Crippen molar-refractivity contribution in [3.63, 3.8) is 0 Å². The second kappa shape index (κ2) is 9.16. The van der Waals surface area contributed by atoms with Crippen LogP contribution >= 0.6 is 11.6 Å². The monoisotopic (exact) mass is 448 g/mol. The summed E-state index contributed by atoms with van der Waals surface area (Å²) in [7, 11) is 0. The highest BCUT2D eigenvalue weighted by Crippen LogP contribution is 2.26. The Labute approximate surface area is 180 Å². The fourth-order valence-electron chi connectivity index (χ4n) is 2.59. The van der Waals surface area contributed by atoms with Gasteiger partial charge in [-0.15, -0.1) is 10.2 Å². The van der Waals surface area contributed by atoms with Gasteiger partial charge in [0.25, 0.3) is 5.82 Å². The number of rotatable bonds is 8. The quantitative estimate of drug-likeness (QED) is 0.381. The molecule has 2 aromatic carbocycles. The van der Waals surface area contributed by atoms with Gasteiger partial charge in [0.05, 0.1) is 13.1 Å². The van der Waals surface area contributed by atoms with Crippen LogP contribution in [0.25, 0.3) is 11.1 Å². The molecule has 1 atom stereocenters. The number of aliphatic hydroxyl groups is 1. The van der Waals surface area contributed by atoms with E-state index in [9.17, 15) is 19.1 Å². The van der Waals surface area contributed by atoms with Gasteiger partial charge >= 0.3 is 11.9 Å². The van der Waals surface area contributed by atoms with Crippen LogP contribution in [0.3, 0.4) is 0 Å². The molecule has 0 radical (unpaired) electrons. The van der Waals surface area contributed by atoms with Crippen LogP contribution in [0, 0.1) is 5.82 Å². The molecule has 1 heterocycles. The van der Waals surface area contributed by atoms with E-state index in [1.807, 2.05) is 0 Å². The Morgan fingerprint density at radius 2 is 1.97 bits per heavy atom. The highest BCUT2D eigenvalue weighted by Gasteiger charge is 2.31. The normalized spacial score (nSPS) is 12.9. The van der Waals surface area contributed by atoms with Crippen LogP contribution in [0.1, 0.15) is 23.1 Å². The number of aromatic amines is 1. The first kappa shape index (κ1) is 22.3. The molecule has 31 heavy (non-hydrogen) atoms. The maximum absolute atomic E-state index is 14.1. The Morgan fingerprint density at radius 3 is 2.58 bits per heavy atom. The summed E-state index contributed by atoms with van der Waals surface area (Å²) in [5, 5.41) is 33.2. The molecular formula is C19H18ClFN6O4. The number of hydrazine groups is 1. The van der Waals surface area contributed by atoms with Gasteiger partial charge in [0, 0.05) is 10.6 Å². The van der Waals surface area contributed by atoms with Crippen LogP contribution in [0.5, 0.6) is 0 Å². The molecule has 0 aliphatic heterocycles. The maximum atomic E-state index is 14.1. The number of halogens is 2. The van der Waals surface area contributed by atoms with Crippen LogP contribution < -0.4 is 5.43 Å². The molecule has 0 aliphatic rings. The first-order chi connectivity index (χ1) is 14.7. The highest BCUT2D eigenvalue weighted by atomic mass is 35.5. The van der Waals surface area contributed by atoms with Gasteiger partial charge in [-0.2, -0.15) is 5.21 Å². The number of hydrogen-bond acceptors (Lipinski definition) is 7. The fourth-order valence-corrected chi connectivity index (χ4v) is 2.76. The third-order valence-electron chi connectivity index (χ3n) is 4.39. The van der Waals surface area contributed by atoms with E-state index < -0.39 is 29.8 Å². The lowest BCUT2D eigenvalue weighted by Crippen LogP contribution is -2.52. The summed E-state index contributed by atoms with van der Waals surface area (Å²) in [4.78, 5) is 23.8. The summed E-state index contributed by atoms with van der Waals surface area (Å²) >= 11 is 5.94. The lowest BCUT2D eigenvalue weighted by atomic mass is 10.0. The Hall–Kier alpha value is -3.41. The molecule has 4 N–H and O–H groups in total. The Kier molecular flexibility index (Phi) is 6.59. The van der Waals surface area contributed by atoms with E-state index in [4.69, 9.17) is 16.7 Å². The predicted octanol–water partition coefficient (Wildman–Crippen LogP) is 1.64. The van der Waals surface area contributed by atoms with E-state index in [1.165, 1.54) is 18.2 Å². The van der Waals surface area contributed by atoms with E-state index in [-0.39, 0.29) is 12.4 Å².